The van der Waals surface area contributed by atoms with Gasteiger partial charge in [-0.1, -0.05) is 0 Å². The van der Waals surface area contributed by atoms with Crippen LogP contribution in [-0.4, -0.2) is 30.5 Å². The van der Waals surface area contributed by atoms with Gasteiger partial charge in [-0.3, -0.25) is 4.79 Å². The molecule has 2 N–H and O–H groups in total. The van der Waals surface area contributed by atoms with Crippen molar-refractivity contribution in [2.45, 2.75) is 25.9 Å². The van der Waals surface area contributed by atoms with Gasteiger partial charge in [0.15, 0.2) is 11.5 Å². The molecule has 1 aliphatic heterocycles. The van der Waals surface area contributed by atoms with Gasteiger partial charge in [-0.05, 0) is 38.0 Å². The number of fused-ring (bicyclic) bond motifs is 1. The second-order valence-corrected chi connectivity index (χ2v) is 4.32. The molecule has 1 unspecified atom stereocenters. The minimum Gasteiger partial charge on any atom is -0.454 e. The summed E-state index contributed by atoms with van der Waals surface area (Å²) in [5.74, 6) is 1.13. The summed E-state index contributed by atoms with van der Waals surface area (Å²) in [4.78, 5) is 11.8. The predicted molar refractivity (Wildman–Crippen MR) is 65.8 cm³/mol. The van der Waals surface area contributed by atoms with Crippen molar-refractivity contribution in [2.75, 3.05) is 13.3 Å². The number of ether oxygens (including phenoxy) is 2. The summed E-state index contributed by atoms with van der Waals surface area (Å²) in [6, 6.07) is 5.11. The lowest BCUT2D eigenvalue weighted by molar-refractivity contribution is 0.0949. The van der Waals surface area contributed by atoms with Gasteiger partial charge in [0.2, 0.25) is 6.79 Å². The highest BCUT2D eigenvalue weighted by atomic mass is 16.7. The van der Waals surface area contributed by atoms with Crippen molar-refractivity contribution in [3.8, 4) is 11.5 Å². The molecule has 0 saturated carbocycles. The van der Waals surface area contributed by atoms with Crippen LogP contribution in [0.3, 0.4) is 0 Å². The fourth-order valence-corrected chi connectivity index (χ4v) is 1.74. The summed E-state index contributed by atoms with van der Waals surface area (Å²) < 4.78 is 10.4. The minimum absolute atomic E-state index is 0.140. The molecule has 0 saturated heterocycles. The van der Waals surface area contributed by atoms with Crippen LogP contribution in [0.25, 0.3) is 0 Å². The van der Waals surface area contributed by atoms with E-state index in [1.54, 1.807) is 25.1 Å². The first-order chi connectivity index (χ1) is 8.66. The Labute approximate surface area is 106 Å². The van der Waals surface area contributed by atoms with Crippen molar-refractivity contribution in [2.24, 2.45) is 0 Å². The fraction of sp³-hybridized carbons (Fsp3) is 0.462. The van der Waals surface area contributed by atoms with Crippen molar-refractivity contribution >= 4 is 5.91 Å². The van der Waals surface area contributed by atoms with Crippen molar-refractivity contribution < 1.29 is 19.4 Å². The zero-order valence-electron chi connectivity index (χ0n) is 10.3. The third-order valence-electron chi connectivity index (χ3n) is 2.72. The number of carbonyl (C=O) groups is 1. The zero-order valence-corrected chi connectivity index (χ0v) is 10.3. The Morgan fingerprint density at radius 3 is 3.00 bits per heavy atom. The third-order valence-corrected chi connectivity index (χ3v) is 2.72. The normalized spacial score (nSPS) is 14.3. The quantitative estimate of drug-likeness (QED) is 0.774. The van der Waals surface area contributed by atoms with Gasteiger partial charge in [0.05, 0.1) is 6.10 Å². The average molecular weight is 251 g/mol. The lowest BCUT2D eigenvalue weighted by Gasteiger charge is -2.07. The first kappa shape index (κ1) is 12.7. The molecule has 1 aromatic rings. The molecule has 0 fully saturated rings. The van der Waals surface area contributed by atoms with Crippen molar-refractivity contribution in [3.63, 3.8) is 0 Å². The molecule has 2 rings (SSSR count). The summed E-state index contributed by atoms with van der Waals surface area (Å²) >= 11 is 0. The van der Waals surface area contributed by atoms with Crippen molar-refractivity contribution in [1.29, 1.82) is 0 Å². The lowest BCUT2D eigenvalue weighted by atomic mass is 10.2. The van der Waals surface area contributed by atoms with E-state index in [4.69, 9.17) is 14.6 Å². The van der Waals surface area contributed by atoms with Gasteiger partial charge < -0.3 is 19.9 Å². The fourth-order valence-electron chi connectivity index (χ4n) is 1.74. The molecule has 18 heavy (non-hydrogen) atoms. The highest BCUT2D eigenvalue weighted by molar-refractivity contribution is 5.94. The van der Waals surface area contributed by atoms with Crippen LogP contribution in [0.15, 0.2) is 18.2 Å². The molecule has 0 bridgehead atoms. The van der Waals surface area contributed by atoms with Crippen LogP contribution in [0.2, 0.25) is 0 Å². The van der Waals surface area contributed by atoms with E-state index >= 15 is 0 Å². The van der Waals surface area contributed by atoms with Crippen molar-refractivity contribution in [3.05, 3.63) is 23.8 Å². The predicted octanol–water partition coefficient (Wildman–Crippen LogP) is 1.31. The summed E-state index contributed by atoms with van der Waals surface area (Å²) in [6.07, 6.45) is 1.11. The van der Waals surface area contributed by atoms with Gasteiger partial charge in [0.25, 0.3) is 5.91 Å². The molecule has 1 amide bonds. The van der Waals surface area contributed by atoms with Gasteiger partial charge in [0, 0.05) is 12.1 Å². The molecule has 98 valence electrons. The summed E-state index contributed by atoms with van der Waals surface area (Å²) in [5.41, 5.74) is 0.552. The van der Waals surface area contributed by atoms with E-state index in [-0.39, 0.29) is 18.8 Å². The highest BCUT2D eigenvalue weighted by Crippen LogP contribution is 2.32. The van der Waals surface area contributed by atoms with E-state index in [1.165, 1.54) is 0 Å². The molecule has 5 heteroatoms. The molecule has 0 aliphatic carbocycles. The van der Waals surface area contributed by atoms with Crippen LogP contribution in [0.5, 0.6) is 11.5 Å². The standard InChI is InChI=1S/C13H17NO4/c1-9(15)3-2-6-14-13(16)10-4-5-11-12(7-10)18-8-17-11/h4-5,7,9,15H,2-3,6,8H2,1H3,(H,14,16). The number of carbonyl (C=O) groups excluding carboxylic acids is 1. The first-order valence-electron chi connectivity index (χ1n) is 6.03. The topological polar surface area (TPSA) is 67.8 Å². The highest BCUT2D eigenvalue weighted by Gasteiger charge is 2.15. The largest absolute Gasteiger partial charge is 0.454 e. The molecule has 1 aromatic carbocycles. The molecule has 1 heterocycles. The first-order valence-corrected chi connectivity index (χ1v) is 6.03. The Balaban J connectivity index is 1.85. The summed E-state index contributed by atoms with van der Waals surface area (Å²) in [5, 5.41) is 11.9. The number of nitrogens with one attached hydrogen (secondary N) is 1. The van der Waals surface area contributed by atoms with E-state index in [0.29, 0.717) is 30.0 Å². The SMILES string of the molecule is CC(O)CCCNC(=O)c1ccc2c(c1)OCO2. The van der Waals surface area contributed by atoms with Crippen LogP contribution >= 0.6 is 0 Å². The maximum absolute atomic E-state index is 11.8. The number of benzene rings is 1. The minimum atomic E-state index is -0.326. The number of rotatable bonds is 5. The van der Waals surface area contributed by atoms with Crippen LogP contribution in [0, 0.1) is 0 Å². The number of hydrogen-bond acceptors (Lipinski definition) is 4. The van der Waals surface area contributed by atoms with Gasteiger partial charge in [-0.15, -0.1) is 0 Å². The number of hydrogen-bond donors (Lipinski definition) is 2. The van der Waals surface area contributed by atoms with Gasteiger partial charge in [-0.25, -0.2) is 0 Å². The monoisotopic (exact) mass is 251 g/mol. The van der Waals surface area contributed by atoms with E-state index in [0.717, 1.165) is 6.42 Å². The Bertz CT molecular complexity index is 431. The molecule has 5 nitrogen and oxygen atoms in total. The molecule has 0 radical (unpaired) electrons. The Morgan fingerprint density at radius 1 is 1.44 bits per heavy atom. The number of aliphatic hydroxyl groups excluding tert-OH is 1. The van der Waals surface area contributed by atoms with Gasteiger partial charge in [-0.2, -0.15) is 0 Å². The molecule has 0 spiro atoms. The van der Waals surface area contributed by atoms with Crippen molar-refractivity contribution in [1.82, 2.24) is 5.32 Å². The van der Waals surface area contributed by atoms with Crippen LogP contribution in [-0.2, 0) is 0 Å². The second kappa shape index (κ2) is 5.73. The van der Waals surface area contributed by atoms with Crippen LogP contribution < -0.4 is 14.8 Å². The second-order valence-electron chi connectivity index (χ2n) is 4.32. The number of aliphatic hydroxyl groups is 1. The van der Waals surface area contributed by atoms with E-state index in [9.17, 15) is 4.79 Å². The number of amides is 1. The van der Waals surface area contributed by atoms with Crippen LogP contribution in [0.4, 0.5) is 0 Å². The molecule has 1 aliphatic rings. The molecular weight excluding hydrogens is 234 g/mol. The van der Waals surface area contributed by atoms with Gasteiger partial charge in [0.1, 0.15) is 0 Å². The molecular formula is C13H17NO4. The maximum Gasteiger partial charge on any atom is 0.251 e. The van der Waals surface area contributed by atoms with Crippen LogP contribution in [0.1, 0.15) is 30.1 Å². The maximum atomic E-state index is 11.8. The third kappa shape index (κ3) is 3.13. The Morgan fingerprint density at radius 2 is 2.22 bits per heavy atom. The van der Waals surface area contributed by atoms with E-state index in [1.807, 2.05) is 0 Å². The lowest BCUT2D eigenvalue weighted by Crippen LogP contribution is -2.24. The Kier molecular flexibility index (Phi) is 4.04. The average Bonchev–Trinajstić information content (AvgIpc) is 2.81. The van der Waals surface area contributed by atoms with E-state index in [2.05, 4.69) is 5.32 Å². The molecule has 0 aromatic heterocycles. The van der Waals surface area contributed by atoms with Gasteiger partial charge >= 0.3 is 0 Å². The zero-order chi connectivity index (χ0) is 13.0. The summed E-state index contributed by atoms with van der Waals surface area (Å²) in [7, 11) is 0. The molecule has 1 atom stereocenters. The Hall–Kier alpha value is -1.75. The van der Waals surface area contributed by atoms with E-state index < -0.39 is 0 Å². The smallest absolute Gasteiger partial charge is 0.251 e. The summed E-state index contributed by atoms with van der Waals surface area (Å²) in [6.45, 7) is 2.49.